The van der Waals surface area contributed by atoms with E-state index in [4.69, 9.17) is 4.74 Å². The predicted molar refractivity (Wildman–Crippen MR) is 72.8 cm³/mol. The van der Waals surface area contributed by atoms with E-state index in [1.54, 1.807) is 18.3 Å². The third-order valence-electron chi connectivity index (χ3n) is 2.88. The van der Waals surface area contributed by atoms with Crippen molar-refractivity contribution in [1.29, 1.82) is 0 Å². The molecule has 3 aromatic rings. The van der Waals surface area contributed by atoms with Crippen molar-refractivity contribution in [3.8, 4) is 17.0 Å². The highest BCUT2D eigenvalue weighted by molar-refractivity contribution is 5.70. The van der Waals surface area contributed by atoms with Gasteiger partial charge in [0.15, 0.2) is 0 Å². The van der Waals surface area contributed by atoms with E-state index >= 15 is 0 Å². The van der Waals surface area contributed by atoms with E-state index in [9.17, 15) is 4.79 Å². The van der Waals surface area contributed by atoms with Gasteiger partial charge in [-0.3, -0.25) is 4.40 Å². The Hall–Kier alpha value is -2.98. The van der Waals surface area contributed by atoms with Crippen LogP contribution in [0, 0.1) is 0 Å². The number of isocyanates is 1. The predicted octanol–water partition coefficient (Wildman–Crippen LogP) is 2.37. The summed E-state index contributed by atoms with van der Waals surface area (Å²) in [6, 6.07) is 7.15. The molecule has 0 fully saturated rings. The molecule has 2 heterocycles. The second-order valence-electron chi connectivity index (χ2n) is 4.04. The molecule has 6 nitrogen and oxygen atoms in total. The number of imidazole rings is 1. The van der Waals surface area contributed by atoms with Crippen molar-refractivity contribution in [2.45, 2.75) is 0 Å². The maximum absolute atomic E-state index is 10.5. The van der Waals surface area contributed by atoms with Crippen LogP contribution in [-0.4, -0.2) is 27.6 Å². The van der Waals surface area contributed by atoms with E-state index in [-0.39, 0.29) is 0 Å². The Morgan fingerprint density at radius 3 is 3.05 bits per heavy atom. The van der Waals surface area contributed by atoms with Crippen LogP contribution in [0.1, 0.15) is 0 Å². The third-order valence-corrected chi connectivity index (χ3v) is 2.88. The molecule has 0 bridgehead atoms. The molecule has 0 atom stereocenters. The average molecular weight is 266 g/mol. The van der Waals surface area contributed by atoms with Gasteiger partial charge in [0.2, 0.25) is 11.9 Å². The van der Waals surface area contributed by atoms with Crippen LogP contribution in [0.4, 0.5) is 5.69 Å². The fourth-order valence-corrected chi connectivity index (χ4v) is 1.95. The van der Waals surface area contributed by atoms with Crippen LogP contribution in [0.25, 0.3) is 17.0 Å². The second kappa shape index (κ2) is 4.95. The standard InChI is InChI=1S/C14H10N4O2/c1-20-13-4-3-10(7-11(13)16-9-19)12-8-18-6-2-5-15-14(18)17-12/h2-8H,1H3. The van der Waals surface area contributed by atoms with Gasteiger partial charge in [-0.25, -0.2) is 14.8 Å². The Labute approximate surface area is 114 Å². The highest BCUT2D eigenvalue weighted by atomic mass is 16.5. The third kappa shape index (κ3) is 2.04. The summed E-state index contributed by atoms with van der Waals surface area (Å²) in [5, 5.41) is 0. The van der Waals surface area contributed by atoms with Crippen molar-refractivity contribution in [2.24, 2.45) is 4.99 Å². The molecule has 3 rings (SSSR count). The van der Waals surface area contributed by atoms with Crippen LogP contribution in [-0.2, 0) is 4.79 Å². The first-order valence-corrected chi connectivity index (χ1v) is 5.88. The van der Waals surface area contributed by atoms with Crippen LogP contribution < -0.4 is 4.74 Å². The van der Waals surface area contributed by atoms with Crippen molar-refractivity contribution in [3.63, 3.8) is 0 Å². The molecule has 2 aromatic heterocycles. The average Bonchev–Trinajstić information content (AvgIpc) is 2.91. The molecule has 0 saturated heterocycles. The Kier molecular flexibility index (Phi) is 2.99. The van der Waals surface area contributed by atoms with Crippen molar-refractivity contribution >= 4 is 17.5 Å². The van der Waals surface area contributed by atoms with Gasteiger partial charge in [-0.05, 0) is 24.3 Å². The van der Waals surface area contributed by atoms with Gasteiger partial charge in [0, 0.05) is 24.2 Å². The number of aromatic nitrogens is 3. The van der Waals surface area contributed by atoms with Gasteiger partial charge < -0.3 is 4.74 Å². The molecule has 0 saturated carbocycles. The van der Waals surface area contributed by atoms with Gasteiger partial charge >= 0.3 is 0 Å². The molecule has 0 aliphatic rings. The first-order valence-electron chi connectivity index (χ1n) is 5.88. The Bertz CT molecular complexity index is 786. The zero-order valence-electron chi connectivity index (χ0n) is 10.6. The number of nitrogens with zero attached hydrogens (tertiary/aromatic N) is 4. The molecule has 20 heavy (non-hydrogen) atoms. The number of carbonyl (C=O) groups excluding carboxylic acids is 1. The molecular formula is C14H10N4O2. The van der Waals surface area contributed by atoms with Crippen LogP contribution >= 0.6 is 0 Å². The van der Waals surface area contributed by atoms with Crippen LogP contribution in [0.3, 0.4) is 0 Å². The van der Waals surface area contributed by atoms with Crippen molar-refractivity contribution in [3.05, 3.63) is 42.9 Å². The lowest BCUT2D eigenvalue weighted by molar-refractivity contribution is 0.416. The molecule has 0 unspecified atom stereocenters. The van der Waals surface area contributed by atoms with Crippen LogP contribution in [0.15, 0.2) is 47.8 Å². The molecule has 6 heteroatoms. The van der Waals surface area contributed by atoms with E-state index in [1.165, 1.54) is 13.2 Å². The van der Waals surface area contributed by atoms with Crippen LogP contribution in [0.2, 0.25) is 0 Å². The van der Waals surface area contributed by atoms with Gasteiger partial charge in [-0.2, -0.15) is 4.99 Å². The van der Waals surface area contributed by atoms with Crippen molar-refractivity contribution in [2.75, 3.05) is 7.11 Å². The number of hydrogen-bond acceptors (Lipinski definition) is 5. The number of aliphatic imine (C=N–C) groups is 1. The minimum absolute atomic E-state index is 0.421. The lowest BCUT2D eigenvalue weighted by Crippen LogP contribution is -1.85. The zero-order chi connectivity index (χ0) is 13.9. The van der Waals surface area contributed by atoms with E-state index in [0.717, 1.165) is 11.3 Å². The van der Waals surface area contributed by atoms with Crippen LogP contribution in [0.5, 0.6) is 5.75 Å². The van der Waals surface area contributed by atoms with Gasteiger partial charge in [0.25, 0.3) is 0 Å². The lowest BCUT2D eigenvalue weighted by atomic mass is 10.1. The first-order chi connectivity index (χ1) is 9.81. The smallest absolute Gasteiger partial charge is 0.240 e. The van der Waals surface area contributed by atoms with Crippen molar-refractivity contribution < 1.29 is 9.53 Å². The fourth-order valence-electron chi connectivity index (χ4n) is 1.95. The molecule has 0 N–H and O–H groups in total. The summed E-state index contributed by atoms with van der Waals surface area (Å²) in [4.78, 5) is 22.7. The largest absolute Gasteiger partial charge is 0.494 e. The maximum atomic E-state index is 10.5. The Morgan fingerprint density at radius 1 is 1.40 bits per heavy atom. The number of ether oxygens (including phenoxy) is 1. The van der Waals surface area contributed by atoms with Gasteiger partial charge in [-0.1, -0.05) is 0 Å². The maximum Gasteiger partial charge on any atom is 0.240 e. The van der Waals surface area contributed by atoms with E-state index in [1.807, 2.05) is 28.9 Å². The summed E-state index contributed by atoms with van der Waals surface area (Å²) in [6.45, 7) is 0. The van der Waals surface area contributed by atoms with E-state index in [0.29, 0.717) is 17.2 Å². The SMILES string of the molecule is COc1ccc(-c2cn3cccnc3n2)cc1N=C=O. The quantitative estimate of drug-likeness (QED) is 0.539. The molecule has 0 radical (unpaired) electrons. The molecule has 0 spiro atoms. The minimum atomic E-state index is 0.421. The van der Waals surface area contributed by atoms with Gasteiger partial charge in [0.05, 0.1) is 12.8 Å². The van der Waals surface area contributed by atoms with E-state index in [2.05, 4.69) is 15.0 Å². The normalized spacial score (nSPS) is 10.2. The topological polar surface area (TPSA) is 68.8 Å². The number of rotatable bonds is 3. The fraction of sp³-hybridized carbons (Fsp3) is 0.0714. The Morgan fingerprint density at radius 2 is 2.30 bits per heavy atom. The summed E-state index contributed by atoms with van der Waals surface area (Å²) in [7, 11) is 1.52. The number of methoxy groups -OCH3 is 1. The monoisotopic (exact) mass is 266 g/mol. The highest BCUT2D eigenvalue weighted by Gasteiger charge is 2.08. The molecule has 0 aliphatic heterocycles. The molecule has 0 aliphatic carbocycles. The minimum Gasteiger partial charge on any atom is -0.494 e. The molecule has 0 amide bonds. The number of fused-ring (bicyclic) bond motifs is 1. The molecular weight excluding hydrogens is 256 g/mol. The summed E-state index contributed by atoms with van der Waals surface area (Å²) in [6.07, 6.45) is 6.93. The molecule has 1 aromatic carbocycles. The van der Waals surface area contributed by atoms with Gasteiger partial charge in [0.1, 0.15) is 11.4 Å². The summed E-state index contributed by atoms with van der Waals surface area (Å²) < 4.78 is 6.96. The first kappa shape index (κ1) is 12.1. The van der Waals surface area contributed by atoms with E-state index < -0.39 is 0 Å². The van der Waals surface area contributed by atoms with Gasteiger partial charge in [-0.15, -0.1) is 0 Å². The summed E-state index contributed by atoms with van der Waals surface area (Å²) in [5.74, 6) is 1.12. The number of hydrogen-bond donors (Lipinski definition) is 0. The molecule has 98 valence electrons. The zero-order valence-corrected chi connectivity index (χ0v) is 10.6. The Balaban J connectivity index is 2.13. The second-order valence-corrected chi connectivity index (χ2v) is 4.04. The lowest BCUT2D eigenvalue weighted by Gasteiger charge is -2.04. The summed E-state index contributed by atoms with van der Waals surface area (Å²) >= 11 is 0. The highest BCUT2D eigenvalue weighted by Crippen LogP contribution is 2.32. The summed E-state index contributed by atoms with van der Waals surface area (Å²) in [5.41, 5.74) is 1.99. The number of benzene rings is 1. The van der Waals surface area contributed by atoms with Crippen molar-refractivity contribution in [1.82, 2.24) is 14.4 Å².